The van der Waals surface area contributed by atoms with Crippen LogP contribution >= 0.6 is 11.8 Å². The zero-order valence-electron chi connectivity index (χ0n) is 10.8. The molecular weight excluding hydrogens is 270 g/mol. The monoisotopic (exact) mass is 289 g/mol. The fourth-order valence-corrected chi connectivity index (χ4v) is 2.58. The molecule has 3 N–H and O–H groups in total. The van der Waals surface area contributed by atoms with E-state index in [-0.39, 0.29) is 4.90 Å². The number of rotatable bonds is 6. The zero-order chi connectivity index (χ0) is 13.8. The molecule has 0 fully saturated rings. The van der Waals surface area contributed by atoms with Gasteiger partial charge >= 0.3 is 0 Å². The average molecular weight is 289 g/mol. The molecule has 1 aromatic rings. The fourth-order valence-electron chi connectivity index (χ4n) is 1.35. The molecule has 102 valence electrons. The van der Waals surface area contributed by atoms with Gasteiger partial charge < -0.3 is 11.1 Å². The first-order valence-corrected chi connectivity index (χ1v) is 8.28. The molecule has 0 spiro atoms. The largest absolute Gasteiger partial charge is 0.397 e. The second-order valence-corrected chi connectivity index (χ2v) is 7.09. The summed E-state index contributed by atoms with van der Waals surface area (Å²) in [5, 5.41) is 3.14. The number of hydrogen-bond donors (Lipinski definition) is 2. The van der Waals surface area contributed by atoms with Crippen molar-refractivity contribution in [3.05, 3.63) is 18.2 Å². The molecule has 7 heteroatoms. The van der Waals surface area contributed by atoms with Gasteiger partial charge in [-0.15, -0.1) is 0 Å². The van der Waals surface area contributed by atoms with Crippen molar-refractivity contribution in [3.8, 4) is 0 Å². The number of hydrogen-bond acceptors (Lipinski definition) is 5. The minimum Gasteiger partial charge on any atom is -0.397 e. The van der Waals surface area contributed by atoms with Gasteiger partial charge in [0.15, 0.2) is 0 Å². The van der Waals surface area contributed by atoms with Crippen LogP contribution in [0.2, 0.25) is 0 Å². The maximum atomic E-state index is 12.0. The molecule has 5 nitrogen and oxygen atoms in total. The summed E-state index contributed by atoms with van der Waals surface area (Å²) in [4.78, 5) is 0.244. The number of sulfonamides is 1. The van der Waals surface area contributed by atoms with Crippen LogP contribution in [0.15, 0.2) is 23.1 Å². The van der Waals surface area contributed by atoms with Crippen LogP contribution in [0, 0.1) is 0 Å². The van der Waals surface area contributed by atoms with Gasteiger partial charge in [-0.3, -0.25) is 0 Å². The molecule has 0 aliphatic carbocycles. The number of nitrogens with zero attached hydrogens (tertiary/aromatic N) is 1. The van der Waals surface area contributed by atoms with Crippen molar-refractivity contribution in [2.75, 3.05) is 43.7 Å². The first-order chi connectivity index (χ1) is 8.39. The Kier molecular flexibility index (Phi) is 5.30. The van der Waals surface area contributed by atoms with Gasteiger partial charge in [0.05, 0.1) is 16.3 Å². The standard InChI is InChI=1S/C11H19N3O2S2/c1-14(2)18(15,16)9-4-5-10(12)11(8-9)13-6-7-17-3/h4-5,8,13H,6-7,12H2,1-3H3. The van der Waals surface area contributed by atoms with Crippen LogP contribution in [-0.2, 0) is 10.0 Å². The van der Waals surface area contributed by atoms with Crippen molar-refractivity contribution in [2.24, 2.45) is 0 Å². The minimum absolute atomic E-state index is 0.244. The lowest BCUT2D eigenvalue weighted by molar-refractivity contribution is 0.521. The molecule has 0 saturated carbocycles. The smallest absolute Gasteiger partial charge is 0.242 e. The summed E-state index contributed by atoms with van der Waals surface area (Å²) in [7, 11) is -0.401. The minimum atomic E-state index is -3.41. The Morgan fingerprint density at radius 2 is 2.06 bits per heavy atom. The molecule has 0 radical (unpaired) electrons. The molecule has 0 atom stereocenters. The van der Waals surface area contributed by atoms with Gasteiger partial charge in [0.2, 0.25) is 10.0 Å². The van der Waals surface area contributed by atoms with Gasteiger partial charge in [-0.05, 0) is 24.5 Å². The molecule has 0 aliphatic heterocycles. The van der Waals surface area contributed by atoms with Gasteiger partial charge in [-0.2, -0.15) is 11.8 Å². The molecule has 0 saturated heterocycles. The molecule has 0 unspecified atom stereocenters. The fraction of sp³-hybridized carbons (Fsp3) is 0.455. The molecule has 1 rings (SSSR count). The van der Waals surface area contributed by atoms with Crippen molar-refractivity contribution < 1.29 is 8.42 Å². The second kappa shape index (κ2) is 6.31. The van der Waals surface area contributed by atoms with Gasteiger partial charge in [0.1, 0.15) is 0 Å². The number of benzene rings is 1. The third kappa shape index (κ3) is 3.54. The lowest BCUT2D eigenvalue weighted by Crippen LogP contribution is -2.22. The van der Waals surface area contributed by atoms with E-state index in [1.807, 2.05) is 6.26 Å². The molecule has 18 heavy (non-hydrogen) atoms. The summed E-state index contributed by atoms with van der Waals surface area (Å²) in [5.74, 6) is 0.935. The van der Waals surface area contributed by atoms with Gasteiger partial charge in [-0.25, -0.2) is 12.7 Å². The van der Waals surface area contributed by atoms with Crippen molar-refractivity contribution in [1.82, 2.24) is 4.31 Å². The topological polar surface area (TPSA) is 75.4 Å². The Labute approximate surface area is 113 Å². The predicted molar refractivity (Wildman–Crippen MR) is 78.6 cm³/mol. The van der Waals surface area contributed by atoms with Crippen molar-refractivity contribution in [1.29, 1.82) is 0 Å². The van der Waals surface area contributed by atoms with Crippen LogP contribution in [0.3, 0.4) is 0 Å². The Balaban J connectivity index is 3.01. The highest BCUT2D eigenvalue weighted by Crippen LogP contribution is 2.24. The number of thioether (sulfide) groups is 1. The van der Waals surface area contributed by atoms with Crippen LogP contribution in [0.1, 0.15) is 0 Å². The maximum Gasteiger partial charge on any atom is 0.242 e. The summed E-state index contributed by atoms with van der Waals surface area (Å²) in [6.07, 6.45) is 2.01. The van der Waals surface area contributed by atoms with E-state index in [0.29, 0.717) is 11.4 Å². The molecule has 0 heterocycles. The molecule has 1 aromatic carbocycles. The van der Waals surface area contributed by atoms with Crippen LogP contribution in [0.25, 0.3) is 0 Å². The first kappa shape index (κ1) is 15.1. The number of nitrogens with one attached hydrogen (secondary N) is 1. The molecule has 0 bridgehead atoms. The van der Waals surface area contributed by atoms with Gasteiger partial charge in [-0.1, -0.05) is 0 Å². The van der Waals surface area contributed by atoms with E-state index in [1.165, 1.54) is 24.5 Å². The normalized spacial score (nSPS) is 11.8. The van der Waals surface area contributed by atoms with Crippen molar-refractivity contribution in [2.45, 2.75) is 4.90 Å². The van der Waals surface area contributed by atoms with E-state index in [1.54, 1.807) is 23.9 Å². The lowest BCUT2D eigenvalue weighted by atomic mass is 10.2. The van der Waals surface area contributed by atoms with E-state index in [4.69, 9.17) is 5.73 Å². The summed E-state index contributed by atoms with van der Waals surface area (Å²) in [6.45, 7) is 0.747. The highest BCUT2D eigenvalue weighted by atomic mass is 32.2. The summed E-state index contributed by atoms with van der Waals surface area (Å²) in [6, 6.07) is 4.70. The van der Waals surface area contributed by atoms with E-state index < -0.39 is 10.0 Å². The Bertz CT molecular complexity index is 501. The highest BCUT2D eigenvalue weighted by molar-refractivity contribution is 7.98. The average Bonchev–Trinajstić information content (AvgIpc) is 2.31. The predicted octanol–water partition coefficient (Wildman–Crippen LogP) is 1.29. The SMILES string of the molecule is CSCCNc1cc(S(=O)(=O)N(C)C)ccc1N. The van der Waals surface area contributed by atoms with Crippen LogP contribution in [-0.4, -0.2) is 45.4 Å². The lowest BCUT2D eigenvalue weighted by Gasteiger charge is -2.14. The van der Waals surface area contributed by atoms with E-state index in [9.17, 15) is 8.42 Å². The highest BCUT2D eigenvalue weighted by Gasteiger charge is 2.18. The van der Waals surface area contributed by atoms with Crippen LogP contribution in [0.4, 0.5) is 11.4 Å². The molecule has 0 aromatic heterocycles. The summed E-state index contributed by atoms with van der Waals surface area (Å²) < 4.78 is 25.1. The Hall–Kier alpha value is -0.920. The third-order valence-corrected chi connectivity index (χ3v) is 4.85. The molecule has 0 aliphatic rings. The second-order valence-electron chi connectivity index (χ2n) is 3.96. The third-order valence-electron chi connectivity index (χ3n) is 2.42. The number of anilines is 2. The first-order valence-electron chi connectivity index (χ1n) is 5.44. The van der Waals surface area contributed by atoms with Gasteiger partial charge in [0.25, 0.3) is 0 Å². The molecular formula is C11H19N3O2S2. The number of nitrogens with two attached hydrogens (primary N) is 1. The maximum absolute atomic E-state index is 12.0. The van der Waals surface area contributed by atoms with E-state index >= 15 is 0 Å². The zero-order valence-corrected chi connectivity index (χ0v) is 12.4. The number of nitrogen functional groups attached to an aromatic ring is 1. The Morgan fingerprint density at radius 1 is 1.39 bits per heavy atom. The Morgan fingerprint density at radius 3 is 2.61 bits per heavy atom. The van der Waals surface area contributed by atoms with Crippen LogP contribution in [0.5, 0.6) is 0 Å². The van der Waals surface area contributed by atoms with E-state index in [2.05, 4.69) is 5.32 Å². The summed E-state index contributed by atoms with van der Waals surface area (Å²) >= 11 is 1.71. The van der Waals surface area contributed by atoms with Gasteiger partial charge in [0, 0.05) is 26.4 Å². The van der Waals surface area contributed by atoms with E-state index in [0.717, 1.165) is 12.3 Å². The van der Waals surface area contributed by atoms with Crippen molar-refractivity contribution >= 4 is 33.2 Å². The molecule has 0 amide bonds. The quantitative estimate of drug-likeness (QED) is 0.610. The van der Waals surface area contributed by atoms with Crippen molar-refractivity contribution in [3.63, 3.8) is 0 Å². The van der Waals surface area contributed by atoms with Crippen LogP contribution < -0.4 is 11.1 Å². The summed E-state index contributed by atoms with van der Waals surface area (Å²) in [5.41, 5.74) is 7.02.